The molecule has 0 spiro atoms. The summed E-state index contributed by atoms with van der Waals surface area (Å²) < 4.78 is 13.6. The van der Waals surface area contributed by atoms with Crippen molar-refractivity contribution in [2.24, 2.45) is 5.92 Å². The Hall–Kier alpha value is -2.52. The van der Waals surface area contributed by atoms with Gasteiger partial charge in [-0.3, -0.25) is 4.79 Å². The maximum atomic E-state index is 12.8. The number of fused-ring (bicyclic) bond motifs is 1. The molecule has 1 aliphatic rings. The second-order valence-corrected chi connectivity index (χ2v) is 9.75. The second-order valence-electron chi connectivity index (χ2n) is 7.86. The largest absolute Gasteiger partial charge is 0.490 e. The number of rotatable bonds is 8. The normalized spacial score (nSPS) is 14.2. The number of carbonyl (C=O) groups excluding carboxylic acids is 1. The number of amides is 1. The van der Waals surface area contributed by atoms with E-state index in [-0.39, 0.29) is 23.6 Å². The van der Waals surface area contributed by atoms with E-state index in [0.717, 1.165) is 45.9 Å². The monoisotopic (exact) mass is 472 g/mol. The Bertz CT molecular complexity index is 1050. The van der Waals surface area contributed by atoms with Crippen molar-refractivity contribution in [3.05, 3.63) is 41.3 Å². The number of hydrogen-bond acceptors (Lipinski definition) is 7. The third-order valence-electron chi connectivity index (χ3n) is 5.22. The molecule has 0 saturated carbocycles. The molecule has 0 bridgehead atoms. The van der Waals surface area contributed by atoms with E-state index in [4.69, 9.17) is 9.47 Å². The fraction of sp³-hybridized carbons (Fsp3) is 0.435. The Morgan fingerprint density at radius 3 is 2.75 bits per heavy atom. The summed E-state index contributed by atoms with van der Waals surface area (Å²) in [5.41, 5.74) is 1.01. The second kappa shape index (κ2) is 10.4. The van der Waals surface area contributed by atoms with Crippen molar-refractivity contribution in [3.63, 3.8) is 0 Å². The van der Waals surface area contributed by atoms with E-state index in [1.54, 1.807) is 11.3 Å². The SMILES string of the molecule is CCn1c(SCC(=O)N[C@@H](c2ccc3c(c2)OCCCO3)C(C)C)nnc1-c1cccs1. The number of benzene rings is 1. The van der Waals surface area contributed by atoms with Crippen LogP contribution < -0.4 is 14.8 Å². The molecule has 0 unspecified atom stereocenters. The number of nitrogens with zero attached hydrogens (tertiary/aromatic N) is 3. The fourth-order valence-corrected chi connectivity index (χ4v) is 5.15. The summed E-state index contributed by atoms with van der Waals surface area (Å²) in [6, 6.07) is 9.84. The Labute approximate surface area is 196 Å². The molecule has 1 amide bonds. The molecule has 4 rings (SSSR count). The molecule has 9 heteroatoms. The van der Waals surface area contributed by atoms with Crippen LogP contribution in [-0.4, -0.2) is 39.6 Å². The molecule has 170 valence electrons. The zero-order chi connectivity index (χ0) is 22.5. The molecule has 1 atom stereocenters. The summed E-state index contributed by atoms with van der Waals surface area (Å²) in [6.07, 6.45) is 0.863. The average molecular weight is 473 g/mol. The number of thioether (sulfide) groups is 1. The van der Waals surface area contributed by atoms with Crippen LogP contribution in [0.1, 0.15) is 38.8 Å². The molecule has 3 heterocycles. The molecule has 1 aliphatic heterocycles. The lowest BCUT2D eigenvalue weighted by Gasteiger charge is -2.24. The van der Waals surface area contributed by atoms with Gasteiger partial charge < -0.3 is 19.4 Å². The lowest BCUT2D eigenvalue weighted by atomic mass is 9.95. The van der Waals surface area contributed by atoms with Crippen LogP contribution in [0.15, 0.2) is 40.9 Å². The van der Waals surface area contributed by atoms with Gasteiger partial charge in [0.15, 0.2) is 22.5 Å². The predicted octanol–water partition coefficient (Wildman–Crippen LogP) is 4.79. The number of thiophene rings is 1. The highest BCUT2D eigenvalue weighted by atomic mass is 32.2. The van der Waals surface area contributed by atoms with E-state index in [2.05, 4.69) is 36.3 Å². The van der Waals surface area contributed by atoms with Crippen molar-refractivity contribution in [2.45, 2.75) is 44.9 Å². The third kappa shape index (κ3) is 5.10. The summed E-state index contributed by atoms with van der Waals surface area (Å²) in [4.78, 5) is 13.9. The highest BCUT2D eigenvalue weighted by Crippen LogP contribution is 2.34. The van der Waals surface area contributed by atoms with Gasteiger partial charge in [-0.05, 0) is 42.0 Å². The molecule has 3 aromatic rings. The molecule has 2 aromatic heterocycles. The number of nitrogens with one attached hydrogen (secondary N) is 1. The van der Waals surface area contributed by atoms with Gasteiger partial charge in [-0.15, -0.1) is 21.5 Å². The molecule has 1 aromatic carbocycles. The lowest BCUT2D eigenvalue weighted by molar-refractivity contribution is -0.119. The molecule has 0 aliphatic carbocycles. The molecule has 0 saturated heterocycles. The van der Waals surface area contributed by atoms with E-state index in [0.29, 0.717) is 13.2 Å². The standard InChI is InChI=1S/C23H28N4O3S2/c1-4-27-22(19-7-5-12-31-19)25-26-23(27)32-14-20(28)24-21(15(2)3)16-8-9-17-18(13-16)30-11-6-10-29-17/h5,7-9,12-13,15,21H,4,6,10-11,14H2,1-3H3,(H,24,28)/t21-/m1/s1. The molecular formula is C23H28N4O3S2. The Kier molecular flexibility index (Phi) is 7.36. The van der Waals surface area contributed by atoms with Crippen LogP contribution in [0.3, 0.4) is 0 Å². The van der Waals surface area contributed by atoms with E-state index in [1.807, 2.05) is 40.3 Å². The first-order chi connectivity index (χ1) is 15.6. The van der Waals surface area contributed by atoms with Gasteiger partial charge in [0.25, 0.3) is 0 Å². The Morgan fingerprint density at radius 2 is 2.03 bits per heavy atom. The van der Waals surface area contributed by atoms with E-state index in [1.165, 1.54) is 11.8 Å². The van der Waals surface area contributed by atoms with E-state index in [9.17, 15) is 4.79 Å². The summed E-state index contributed by atoms with van der Waals surface area (Å²) in [5.74, 6) is 2.80. The fourth-order valence-electron chi connectivity index (χ4n) is 3.62. The smallest absolute Gasteiger partial charge is 0.230 e. The number of hydrogen-bond donors (Lipinski definition) is 1. The first-order valence-corrected chi connectivity index (χ1v) is 12.7. The maximum Gasteiger partial charge on any atom is 0.230 e. The van der Waals surface area contributed by atoms with E-state index >= 15 is 0 Å². The lowest BCUT2D eigenvalue weighted by Crippen LogP contribution is -2.33. The van der Waals surface area contributed by atoms with Gasteiger partial charge in [-0.25, -0.2) is 0 Å². The van der Waals surface area contributed by atoms with Crippen LogP contribution in [0.25, 0.3) is 10.7 Å². The van der Waals surface area contributed by atoms with Gasteiger partial charge in [-0.1, -0.05) is 37.7 Å². The van der Waals surface area contributed by atoms with Crippen molar-refractivity contribution >= 4 is 29.0 Å². The minimum Gasteiger partial charge on any atom is -0.490 e. The van der Waals surface area contributed by atoms with Gasteiger partial charge in [0.2, 0.25) is 5.91 Å². The minimum atomic E-state index is -0.119. The van der Waals surface area contributed by atoms with Crippen LogP contribution in [0.5, 0.6) is 11.5 Å². The van der Waals surface area contributed by atoms with Gasteiger partial charge >= 0.3 is 0 Å². The first kappa shape index (κ1) is 22.7. The summed E-state index contributed by atoms with van der Waals surface area (Å²) in [5, 5.41) is 14.6. The predicted molar refractivity (Wildman–Crippen MR) is 128 cm³/mol. The van der Waals surface area contributed by atoms with Crippen LogP contribution in [-0.2, 0) is 11.3 Å². The van der Waals surface area contributed by atoms with Gasteiger partial charge in [0.05, 0.1) is 29.9 Å². The topological polar surface area (TPSA) is 78.3 Å². The molecule has 7 nitrogen and oxygen atoms in total. The molecular weight excluding hydrogens is 444 g/mol. The maximum absolute atomic E-state index is 12.8. The average Bonchev–Trinajstić information content (AvgIpc) is 3.40. The molecule has 0 fully saturated rings. The zero-order valence-corrected chi connectivity index (χ0v) is 20.2. The Morgan fingerprint density at radius 1 is 1.22 bits per heavy atom. The van der Waals surface area contributed by atoms with Gasteiger partial charge in [-0.2, -0.15) is 0 Å². The Balaban J connectivity index is 1.43. The molecule has 0 radical (unpaired) electrons. The van der Waals surface area contributed by atoms with Crippen molar-refractivity contribution in [1.29, 1.82) is 0 Å². The highest BCUT2D eigenvalue weighted by molar-refractivity contribution is 7.99. The van der Waals surface area contributed by atoms with Crippen molar-refractivity contribution in [1.82, 2.24) is 20.1 Å². The van der Waals surface area contributed by atoms with Gasteiger partial charge in [0.1, 0.15) is 0 Å². The molecule has 32 heavy (non-hydrogen) atoms. The number of aromatic nitrogens is 3. The van der Waals surface area contributed by atoms with Crippen LogP contribution in [0.2, 0.25) is 0 Å². The van der Waals surface area contributed by atoms with Crippen LogP contribution in [0.4, 0.5) is 0 Å². The third-order valence-corrected chi connectivity index (χ3v) is 7.05. The quantitative estimate of drug-likeness (QED) is 0.475. The summed E-state index contributed by atoms with van der Waals surface area (Å²) >= 11 is 3.04. The zero-order valence-electron chi connectivity index (χ0n) is 18.5. The van der Waals surface area contributed by atoms with Crippen molar-refractivity contribution < 1.29 is 14.3 Å². The first-order valence-electron chi connectivity index (χ1n) is 10.9. The van der Waals surface area contributed by atoms with Crippen molar-refractivity contribution in [3.8, 4) is 22.2 Å². The summed E-state index contributed by atoms with van der Waals surface area (Å²) in [7, 11) is 0. The highest BCUT2D eigenvalue weighted by Gasteiger charge is 2.22. The van der Waals surface area contributed by atoms with Crippen LogP contribution in [0, 0.1) is 5.92 Å². The van der Waals surface area contributed by atoms with Crippen molar-refractivity contribution in [2.75, 3.05) is 19.0 Å². The summed E-state index contributed by atoms with van der Waals surface area (Å²) in [6.45, 7) is 8.30. The van der Waals surface area contributed by atoms with E-state index < -0.39 is 0 Å². The van der Waals surface area contributed by atoms with Gasteiger partial charge in [0, 0.05) is 13.0 Å². The number of carbonyl (C=O) groups is 1. The molecule has 1 N–H and O–H groups in total. The minimum absolute atomic E-state index is 0.0378. The number of ether oxygens (including phenoxy) is 2. The van der Waals surface area contributed by atoms with Crippen LogP contribution >= 0.6 is 23.1 Å².